The molecule has 1 aromatic carbocycles. The van der Waals surface area contributed by atoms with Crippen LogP contribution in [-0.4, -0.2) is 31.8 Å². The van der Waals surface area contributed by atoms with Crippen LogP contribution in [0.15, 0.2) is 12.1 Å². The van der Waals surface area contributed by atoms with Crippen LogP contribution in [0.1, 0.15) is 16.8 Å². The van der Waals surface area contributed by atoms with Gasteiger partial charge < -0.3 is 10.2 Å². The Kier molecular flexibility index (Phi) is 3.90. The number of amides is 1. The van der Waals surface area contributed by atoms with Gasteiger partial charge in [-0.2, -0.15) is 0 Å². The van der Waals surface area contributed by atoms with Crippen molar-refractivity contribution >= 4 is 40.6 Å². The quantitative estimate of drug-likeness (QED) is 0.681. The molecular formula is C12H12Cl2N2O2. The number of hydrogen-bond acceptors (Lipinski definition) is 3. The molecule has 0 bridgehead atoms. The van der Waals surface area contributed by atoms with Crippen molar-refractivity contribution in [3.05, 3.63) is 27.7 Å². The summed E-state index contributed by atoms with van der Waals surface area (Å²) in [6.45, 7) is 1.20. The first-order chi connectivity index (χ1) is 8.57. The van der Waals surface area contributed by atoms with E-state index < -0.39 is 11.7 Å². The number of ketones is 1. The van der Waals surface area contributed by atoms with Crippen LogP contribution < -0.4 is 10.2 Å². The second-order valence-corrected chi connectivity index (χ2v) is 4.81. The molecule has 1 aliphatic rings. The van der Waals surface area contributed by atoms with Crippen molar-refractivity contribution in [3.63, 3.8) is 0 Å². The molecule has 0 aromatic heterocycles. The van der Waals surface area contributed by atoms with Crippen molar-refractivity contribution < 1.29 is 9.59 Å². The summed E-state index contributed by atoms with van der Waals surface area (Å²) in [6, 6.07) is 3.13. The normalized spacial score (nSPS) is 14.3. The zero-order valence-electron chi connectivity index (χ0n) is 9.80. The van der Waals surface area contributed by atoms with Gasteiger partial charge in [-0.15, -0.1) is 0 Å². The first-order valence-corrected chi connectivity index (χ1v) is 6.32. The fraction of sp³-hybridized carbons (Fsp3) is 0.333. The minimum Gasteiger partial charge on any atom is -0.320 e. The van der Waals surface area contributed by atoms with Crippen LogP contribution in [0.2, 0.25) is 10.0 Å². The van der Waals surface area contributed by atoms with Crippen molar-refractivity contribution in [2.45, 2.75) is 6.42 Å². The van der Waals surface area contributed by atoms with Crippen molar-refractivity contribution in [1.29, 1.82) is 0 Å². The highest BCUT2D eigenvalue weighted by Gasteiger charge is 2.38. The van der Waals surface area contributed by atoms with Crippen molar-refractivity contribution in [2.24, 2.45) is 0 Å². The number of carbonyl (C=O) groups excluding carboxylic acids is 2. The van der Waals surface area contributed by atoms with E-state index in [0.29, 0.717) is 17.3 Å². The van der Waals surface area contributed by atoms with Crippen molar-refractivity contribution in [3.8, 4) is 0 Å². The average Bonchev–Trinajstić information content (AvgIpc) is 2.60. The highest BCUT2D eigenvalue weighted by molar-refractivity contribution is 6.56. The summed E-state index contributed by atoms with van der Waals surface area (Å²) >= 11 is 12.0. The molecule has 4 nitrogen and oxygen atoms in total. The Hall–Kier alpha value is -1.10. The molecule has 0 radical (unpaired) electrons. The largest absolute Gasteiger partial charge is 0.320 e. The SMILES string of the molecule is CNCCCN1C(=O)C(=O)c2c(Cl)ccc(Cl)c21. The maximum atomic E-state index is 11.9. The number of carbonyl (C=O) groups is 2. The summed E-state index contributed by atoms with van der Waals surface area (Å²) in [6.07, 6.45) is 0.734. The smallest absolute Gasteiger partial charge is 0.299 e. The van der Waals surface area contributed by atoms with Crippen molar-refractivity contribution in [2.75, 3.05) is 25.0 Å². The van der Waals surface area contributed by atoms with E-state index in [2.05, 4.69) is 5.32 Å². The molecular weight excluding hydrogens is 275 g/mol. The third kappa shape index (κ3) is 2.11. The van der Waals surface area contributed by atoms with Crippen LogP contribution in [0.3, 0.4) is 0 Å². The molecule has 0 fully saturated rings. The van der Waals surface area contributed by atoms with Crippen LogP contribution in [-0.2, 0) is 4.79 Å². The van der Waals surface area contributed by atoms with Gasteiger partial charge in [-0.25, -0.2) is 0 Å². The number of benzene rings is 1. The molecule has 2 rings (SSSR count). The predicted molar refractivity (Wildman–Crippen MR) is 71.7 cm³/mol. The molecule has 1 amide bonds. The van der Waals surface area contributed by atoms with Crippen LogP contribution in [0, 0.1) is 0 Å². The third-order valence-corrected chi connectivity index (χ3v) is 3.44. The Bertz CT molecular complexity index is 517. The Morgan fingerprint density at radius 1 is 1.22 bits per heavy atom. The maximum absolute atomic E-state index is 11.9. The minimum absolute atomic E-state index is 0.221. The molecule has 0 aliphatic carbocycles. The summed E-state index contributed by atoms with van der Waals surface area (Å²) in [4.78, 5) is 25.2. The number of halogens is 2. The number of rotatable bonds is 4. The monoisotopic (exact) mass is 286 g/mol. The summed E-state index contributed by atoms with van der Waals surface area (Å²) < 4.78 is 0. The molecule has 1 N–H and O–H groups in total. The van der Waals surface area contributed by atoms with E-state index in [1.807, 2.05) is 7.05 Å². The lowest BCUT2D eigenvalue weighted by Crippen LogP contribution is -2.32. The van der Waals surface area contributed by atoms with E-state index in [1.165, 1.54) is 11.0 Å². The molecule has 0 spiro atoms. The molecule has 18 heavy (non-hydrogen) atoms. The van der Waals surface area contributed by atoms with Gasteiger partial charge >= 0.3 is 0 Å². The first-order valence-electron chi connectivity index (χ1n) is 5.56. The van der Waals surface area contributed by atoms with Gasteiger partial charge in [0, 0.05) is 6.54 Å². The van der Waals surface area contributed by atoms with Gasteiger partial charge in [0.05, 0.1) is 21.3 Å². The molecule has 6 heteroatoms. The van der Waals surface area contributed by atoms with Gasteiger partial charge in [-0.3, -0.25) is 9.59 Å². The zero-order valence-corrected chi connectivity index (χ0v) is 11.3. The number of anilines is 1. The molecule has 1 aromatic rings. The van der Waals surface area contributed by atoms with Crippen LogP contribution in [0.5, 0.6) is 0 Å². The molecule has 0 atom stereocenters. The van der Waals surface area contributed by atoms with Gasteiger partial charge in [0.25, 0.3) is 11.7 Å². The van der Waals surface area contributed by atoms with Crippen LogP contribution >= 0.6 is 23.2 Å². The number of hydrogen-bond donors (Lipinski definition) is 1. The highest BCUT2D eigenvalue weighted by Crippen LogP contribution is 2.39. The standard InChI is InChI=1S/C12H12Cl2N2O2/c1-15-5-2-6-16-10-8(14)4-3-7(13)9(10)11(17)12(16)18/h3-4,15H,2,5-6H2,1H3. The number of Topliss-reactive ketones (excluding diaryl/α,β-unsaturated/α-hetero) is 1. The second-order valence-electron chi connectivity index (χ2n) is 4.00. The van der Waals surface area contributed by atoms with Gasteiger partial charge in [0.2, 0.25) is 0 Å². The van der Waals surface area contributed by atoms with E-state index in [0.717, 1.165) is 13.0 Å². The number of fused-ring (bicyclic) bond motifs is 1. The Balaban J connectivity index is 2.39. The lowest BCUT2D eigenvalue weighted by atomic mass is 10.1. The van der Waals surface area contributed by atoms with Crippen LogP contribution in [0.25, 0.3) is 0 Å². The lowest BCUT2D eigenvalue weighted by molar-refractivity contribution is -0.114. The van der Waals surface area contributed by atoms with Gasteiger partial charge in [0.15, 0.2) is 0 Å². The molecule has 96 valence electrons. The van der Waals surface area contributed by atoms with E-state index in [9.17, 15) is 9.59 Å². The lowest BCUT2D eigenvalue weighted by Gasteiger charge is -2.17. The molecule has 0 saturated heterocycles. The van der Waals surface area contributed by atoms with Gasteiger partial charge in [-0.1, -0.05) is 23.2 Å². The Morgan fingerprint density at radius 3 is 2.56 bits per heavy atom. The van der Waals surface area contributed by atoms with E-state index in [-0.39, 0.29) is 10.6 Å². The number of nitrogens with one attached hydrogen (secondary N) is 1. The topological polar surface area (TPSA) is 49.4 Å². The van der Waals surface area contributed by atoms with Crippen LogP contribution in [0.4, 0.5) is 5.69 Å². The van der Waals surface area contributed by atoms with E-state index >= 15 is 0 Å². The summed E-state index contributed by atoms with van der Waals surface area (Å²) in [5.41, 5.74) is 0.661. The summed E-state index contributed by atoms with van der Waals surface area (Å²) in [5, 5.41) is 3.63. The fourth-order valence-corrected chi connectivity index (χ4v) is 2.48. The number of nitrogens with zero attached hydrogens (tertiary/aromatic N) is 1. The van der Waals surface area contributed by atoms with E-state index in [4.69, 9.17) is 23.2 Å². The first kappa shape index (κ1) is 13.3. The third-order valence-electron chi connectivity index (χ3n) is 2.82. The predicted octanol–water partition coefficient (Wildman–Crippen LogP) is 2.13. The fourth-order valence-electron chi connectivity index (χ4n) is 1.98. The molecule has 1 aliphatic heterocycles. The van der Waals surface area contributed by atoms with Crippen molar-refractivity contribution in [1.82, 2.24) is 5.32 Å². The van der Waals surface area contributed by atoms with E-state index in [1.54, 1.807) is 6.07 Å². The Labute approximate surface area is 115 Å². The van der Waals surface area contributed by atoms with Gasteiger partial charge in [0.1, 0.15) is 0 Å². The minimum atomic E-state index is -0.582. The molecule has 1 heterocycles. The molecule has 0 saturated carbocycles. The zero-order chi connectivity index (χ0) is 13.3. The molecule has 0 unspecified atom stereocenters. The maximum Gasteiger partial charge on any atom is 0.299 e. The average molecular weight is 287 g/mol. The summed E-state index contributed by atoms with van der Waals surface area (Å²) in [5.74, 6) is -1.14. The highest BCUT2D eigenvalue weighted by atomic mass is 35.5. The Morgan fingerprint density at radius 2 is 1.89 bits per heavy atom. The van der Waals surface area contributed by atoms with Gasteiger partial charge in [-0.05, 0) is 32.1 Å². The second kappa shape index (κ2) is 5.26. The summed E-state index contributed by atoms with van der Waals surface area (Å²) in [7, 11) is 1.83.